The Morgan fingerprint density at radius 2 is 1.71 bits per heavy atom. The number of ketones is 1. The van der Waals surface area contributed by atoms with E-state index in [2.05, 4.69) is 4.98 Å². The Morgan fingerprint density at radius 1 is 0.929 bits per heavy atom. The fourth-order valence-corrected chi connectivity index (χ4v) is 3.31. The molecule has 0 saturated heterocycles. The van der Waals surface area contributed by atoms with E-state index < -0.39 is 5.97 Å². The van der Waals surface area contributed by atoms with Crippen molar-refractivity contribution in [2.75, 3.05) is 6.61 Å². The van der Waals surface area contributed by atoms with Gasteiger partial charge in [-0.2, -0.15) is 0 Å². The highest BCUT2D eigenvalue weighted by Crippen LogP contribution is 2.24. The monoisotopic (exact) mass is 369 g/mol. The Balaban J connectivity index is 1.86. The molecule has 3 aromatic carbocycles. The van der Waals surface area contributed by atoms with Crippen molar-refractivity contribution in [2.45, 2.75) is 13.8 Å². The molecule has 0 spiro atoms. The van der Waals surface area contributed by atoms with Gasteiger partial charge >= 0.3 is 5.97 Å². The number of pyridine rings is 1. The molecule has 0 aliphatic carbocycles. The first-order valence-electron chi connectivity index (χ1n) is 9.19. The predicted octanol–water partition coefficient (Wildman–Crippen LogP) is 5.10. The van der Waals surface area contributed by atoms with Gasteiger partial charge in [-0.15, -0.1) is 0 Å². The number of carbonyl (C=O) groups is 2. The molecule has 0 aliphatic heterocycles. The van der Waals surface area contributed by atoms with E-state index in [0.717, 1.165) is 16.3 Å². The van der Waals surface area contributed by atoms with Gasteiger partial charge < -0.3 is 4.74 Å². The largest absolute Gasteiger partial charge is 0.462 e. The highest BCUT2D eigenvalue weighted by atomic mass is 16.5. The molecular weight excluding hydrogens is 350 g/mol. The minimum atomic E-state index is -0.451. The van der Waals surface area contributed by atoms with Crippen LogP contribution in [0.3, 0.4) is 0 Å². The van der Waals surface area contributed by atoms with Gasteiger partial charge in [-0.3, -0.25) is 4.79 Å². The second-order valence-corrected chi connectivity index (χ2v) is 6.69. The quantitative estimate of drug-likeness (QED) is 0.371. The molecule has 0 unspecified atom stereocenters. The number of hydrogen-bond donors (Lipinski definition) is 0. The van der Waals surface area contributed by atoms with Gasteiger partial charge in [0.05, 0.1) is 17.7 Å². The Bertz CT molecular complexity index is 1230. The molecule has 0 aliphatic rings. The third-order valence-corrected chi connectivity index (χ3v) is 4.70. The van der Waals surface area contributed by atoms with Crippen LogP contribution in [0, 0.1) is 6.92 Å². The second-order valence-electron chi connectivity index (χ2n) is 6.69. The van der Waals surface area contributed by atoms with E-state index in [-0.39, 0.29) is 18.1 Å². The molecule has 28 heavy (non-hydrogen) atoms. The van der Waals surface area contributed by atoms with Gasteiger partial charge in [0.25, 0.3) is 0 Å². The minimum absolute atomic E-state index is 0.223. The topological polar surface area (TPSA) is 56.3 Å². The molecule has 4 rings (SSSR count). The lowest BCUT2D eigenvalue weighted by atomic mass is 10.00. The first-order valence-corrected chi connectivity index (χ1v) is 9.19. The lowest BCUT2D eigenvalue weighted by Crippen LogP contribution is -2.11. The Labute approximate surface area is 162 Å². The zero-order valence-electron chi connectivity index (χ0n) is 15.7. The maximum atomic E-state index is 13.1. The highest BCUT2D eigenvalue weighted by Gasteiger charge is 2.19. The molecule has 0 N–H and O–H groups in total. The Hall–Kier alpha value is -3.53. The van der Waals surface area contributed by atoms with Crippen LogP contribution in [0.2, 0.25) is 0 Å². The van der Waals surface area contributed by atoms with Gasteiger partial charge in [0.2, 0.25) is 5.78 Å². The van der Waals surface area contributed by atoms with Gasteiger partial charge in [-0.25, -0.2) is 9.78 Å². The number of fused-ring (bicyclic) bond motifs is 2. The molecule has 1 heterocycles. The summed E-state index contributed by atoms with van der Waals surface area (Å²) in [5, 5.41) is 2.73. The molecule has 0 fully saturated rings. The van der Waals surface area contributed by atoms with Crippen molar-refractivity contribution in [3.8, 4) is 0 Å². The summed E-state index contributed by atoms with van der Waals surface area (Å²) in [6.45, 7) is 3.97. The predicted molar refractivity (Wildman–Crippen MR) is 110 cm³/mol. The minimum Gasteiger partial charge on any atom is -0.462 e. The third-order valence-electron chi connectivity index (χ3n) is 4.70. The Morgan fingerprint density at radius 3 is 2.50 bits per heavy atom. The molecular formula is C24H19NO3. The maximum absolute atomic E-state index is 13.1. The molecule has 138 valence electrons. The maximum Gasteiger partial charge on any atom is 0.338 e. The summed E-state index contributed by atoms with van der Waals surface area (Å²) in [6, 6.07) is 20.6. The number of rotatable bonds is 4. The number of nitrogens with zero attached hydrogens (tertiary/aromatic N) is 1. The summed E-state index contributed by atoms with van der Waals surface area (Å²) in [5.41, 5.74) is 2.73. The van der Waals surface area contributed by atoms with Gasteiger partial charge in [0.15, 0.2) is 0 Å². The van der Waals surface area contributed by atoms with E-state index in [4.69, 9.17) is 4.74 Å². The zero-order valence-corrected chi connectivity index (χ0v) is 15.7. The lowest BCUT2D eigenvalue weighted by Gasteiger charge is -2.10. The van der Waals surface area contributed by atoms with Crippen LogP contribution in [0.25, 0.3) is 21.7 Å². The lowest BCUT2D eigenvalue weighted by molar-refractivity contribution is 0.0528. The van der Waals surface area contributed by atoms with Crippen molar-refractivity contribution in [3.63, 3.8) is 0 Å². The van der Waals surface area contributed by atoms with Crippen molar-refractivity contribution in [1.82, 2.24) is 4.98 Å². The van der Waals surface area contributed by atoms with Gasteiger partial charge in [0.1, 0.15) is 5.69 Å². The average molecular weight is 369 g/mol. The van der Waals surface area contributed by atoms with Crippen LogP contribution in [0.4, 0.5) is 0 Å². The van der Waals surface area contributed by atoms with E-state index in [9.17, 15) is 9.59 Å². The number of aryl methyl sites for hydroxylation is 1. The molecule has 4 heteroatoms. The SMILES string of the molecule is CCOC(=O)c1cc(C(=O)c2ccc3ccccc3c2)nc2ccc(C)cc12. The van der Waals surface area contributed by atoms with E-state index in [0.29, 0.717) is 22.0 Å². The summed E-state index contributed by atoms with van der Waals surface area (Å²) in [7, 11) is 0. The van der Waals surface area contributed by atoms with Crippen molar-refractivity contribution in [1.29, 1.82) is 0 Å². The normalized spacial score (nSPS) is 10.9. The second kappa shape index (κ2) is 7.24. The molecule has 0 bridgehead atoms. The summed E-state index contributed by atoms with van der Waals surface area (Å²) in [6.07, 6.45) is 0. The van der Waals surface area contributed by atoms with Crippen LogP contribution in [-0.4, -0.2) is 23.3 Å². The molecule has 0 saturated carbocycles. The van der Waals surface area contributed by atoms with Crippen molar-refractivity contribution in [2.24, 2.45) is 0 Å². The van der Waals surface area contributed by atoms with E-state index in [1.165, 1.54) is 6.07 Å². The highest BCUT2D eigenvalue weighted by molar-refractivity contribution is 6.13. The smallest absolute Gasteiger partial charge is 0.338 e. The number of ether oxygens (including phenoxy) is 1. The molecule has 0 atom stereocenters. The molecule has 1 aromatic heterocycles. The number of hydrogen-bond acceptors (Lipinski definition) is 4. The summed E-state index contributed by atoms with van der Waals surface area (Å²) >= 11 is 0. The van der Waals surface area contributed by atoms with Gasteiger partial charge in [-0.05, 0) is 48.9 Å². The standard InChI is InChI=1S/C24H19NO3/c1-3-28-24(27)20-14-22(25-21-11-8-15(2)12-19(20)21)23(26)18-10-9-16-6-4-5-7-17(16)13-18/h4-14H,3H2,1-2H3. The van der Waals surface area contributed by atoms with Crippen LogP contribution < -0.4 is 0 Å². The molecule has 0 amide bonds. The van der Waals surface area contributed by atoms with E-state index >= 15 is 0 Å². The summed E-state index contributed by atoms with van der Waals surface area (Å²) < 4.78 is 5.20. The number of esters is 1. The Kier molecular flexibility index (Phi) is 4.62. The fraction of sp³-hybridized carbons (Fsp3) is 0.125. The van der Waals surface area contributed by atoms with Gasteiger partial charge in [-0.1, -0.05) is 48.0 Å². The molecule has 4 nitrogen and oxygen atoms in total. The van der Waals surface area contributed by atoms with Crippen molar-refractivity contribution in [3.05, 3.63) is 89.1 Å². The summed E-state index contributed by atoms with van der Waals surface area (Å²) in [4.78, 5) is 30.1. The van der Waals surface area contributed by atoms with Gasteiger partial charge in [0, 0.05) is 10.9 Å². The average Bonchev–Trinajstić information content (AvgIpc) is 2.72. The van der Waals surface area contributed by atoms with Crippen LogP contribution >= 0.6 is 0 Å². The van der Waals surface area contributed by atoms with Crippen molar-refractivity contribution < 1.29 is 14.3 Å². The fourth-order valence-electron chi connectivity index (χ4n) is 3.31. The first-order chi connectivity index (χ1) is 13.6. The van der Waals surface area contributed by atoms with Crippen LogP contribution in [-0.2, 0) is 4.74 Å². The van der Waals surface area contributed by atoms with Crippen molar-refractivity contribution >= 4 is 33.4 Å². The number of benzene rings is 3. The van der Waals surface area contributed by atoms with E-state index in [1.54, 1.807) is 13.0 Å². The number of aromatic nitrogens is 1. The first kappa shape index (κ1) is 17.9. The zero-order chi connectivity index (χ0) is 19.7. The molecule has 0 radical (unpaired) electrons. The van der Waals surface area contributed by atoms with E-state index in [1.807, 2.05) is 61.5 Å². The summed E-state index contributed by atoms with van der Waals surface area (Å²) in [5.74, 6) is -0.674. The van der Waals surface area contributed by atoms with Crippen LogP contribution in [0.5, 0.6) is 0 Å². The molecule has 4 aromatic rings. The number of carbonyl (C=O) groups excluding carboxylic acids is 2. The van der Waals surface area contributed by atoms with Crippen LogP contribution in [0.15, 0.2) is 66.7 Å². The van der Waals surface area contributed by atoms with Crippen LogP contribution in [0.1, 0.15) is 38.9 Å². The third kappa shape index (κ3) is 3.25.